The molecule has 106 valence electrons. The van der Waals surface area contributed by atoms with E-state index in [1.54, 1.807) is 5.51 Å². The van der Waals surface area contributed by atoms with E-state index in [1.807, 2.05) is 11.9 Å². The third-order valence-corrected chi connectivity index (χ3v) is 4.40. The average molecular weight is 281 g/mol. The first-order chi connectivity index (χ1) is 8.93. The number of nitrogens with one attached hydrogen (secondary N) is 1. The number of piperidine rings is 1. The maximum absolute atomic E-state index is 12.7. The number of carbonyl (C=O) groups excluding carboxylic acids is 1. The second-order valence-corrected chi connectivity index (χ2v) is 7.01. The van der Waals surface area contributed by atoms with Crippen molar-refractivity contribution < 1.29 is 4.79 Å². The van der Waals surface area contributed by atoms with Crippen LogP contribution in [0.3, 0.4) is 0 Å². The smallest absolute Gasteiger partial charge is 0.265 e. The van der Waals surface area contributed by atoms with Gasteiger partial charge in [-0.05, 0) is 19.9 Å². The molecule has 0 spiro atoms. The highest BCUT2D eigenvalue weighted by Crippen LogP contribution is 2.28. The number of hydrogen-bond donors (Lipinski definition) is 1. The zero-order valence-electron chi connectivity index (χ0n) is 12.2. The molecule has 0 saturated carbocycles. The monoisotopic (exact) mass is 281 g/mol. The highest BCUT2D eigenvalue weighted by atomic mass is 32.1. The highest BCUT2D eigenvalue weighted by Gasteiger charge is 2.30. The second-order valence-electron chi connectivity index (χ2n) is 6.16. The number of carbonyl (C=O) groups is 1. The summed E-state index contributed by atoms with van der Waals surface area (Å²) in [6.45, 7) is 7.97. The third kappa shape index (κ3) is 3.15. The fourth-order valence-corrected chi connectivity index (χ4v) is 3.44. The number of thiazole rings is 1. The Balaban J connectivity index is 2.18. The van der Waals surface area contributed by atoms with Crippen LogP contribution in [0.1, 0.15) is 49.0 Å². The number of nitrogens with zero attached hydrogens (tertiary/aromatic N) is 2. The molecule has 1 amide bonds. The molecule has 0 bridgehead atoms. The molecular formula is C14H23N3OS. The average Bonchev–Trinajstić information content (AvgIpc) is 2.87. The number of rotatable bonds is 2. The SMILES string of the molecule is CNC1CCCN(C(=O)c2scnc2C(C)(C)C)C1. The van der Waals surface area contributed by atoms with E-state index in [1.165, 1.54) is 11.3 Å². The topological polar surface area (TPSA) is 45.2 Å². The number of likely N-dealkylation sites (N-methyl/N-ethyl adjacent to an activating group) is 1. The molecule has 0 radical (unpaired) electrons. The maximum Gasteiger partial charge on any atom is 0.265 e. The number of aromatic nitrogens is 1. The molecule has 1 fully saturated rings. The van der Waals surface area contributed by atoms with Gasteiger partial charge in [0, 0.05) is 24.5 Å². The zero-order chi connectivity index (χ0) is 14.0. The lowest BCUT2D eigenvalue weighted by Crippen LogP contribution is -2.47. The Morgan fingerprint density at radius 3 is 2.89 bits per heavy atom. The Morgan fingerprint density at radius 1 is 1.53 bits per heavy atom. The fourth-order valence-electron chi connectivity index (χ4n) is 2.47. The Kier molecular flexibility index (Phi) is 4.26. The summed E-state index contributed by atoms with van der Waals surface area (Å²) in [4.78, 5) is 19.8. The predicted octanol–water partition coefficient (Wildman–Crippen LogP) is 2.26. The highest BCUT2D eigenvalue weighted by molar-refractivity contribution is 7.11. The Morgan fingerprint density at radius 2 is 2.26 bits per heavy atom. The summed E-state index contributed by atoms with van der Waals surface area (Å²) in [7, 11) is 1.96. The van der Waals surface area contributed by atoms with Gasteiger partial charge in [-0.2, -0.15) is 0 Å². The maximum atomic E-state index is 12.7. The standard InChI is InChI=1S/C14H23N3OS/c1-14(2,3)12-11(19-9-16-12)13(18)17-7-5-6-10(8-17)15-4/h9-10,15H,5-8H2,1-4H3. The minimum atomic E-state index is -0.0802. The van der Waals surface area contributed by atoms with Crippen molar-refractivity contribution >= 4 is 17.2 Å². The predicted molar refractivity (Wildman–Crippen MR) is 78.8 cm³/mol. The summed E-state index contributed by atoms with van der Waals surface area (Å²) in [5.74, 6) is 0.146. The molecule has 19 heavy (non-hydrogen) atoms. The molecule has 1 aliphatic rings. The largest absolute Gasteiger partial charge is 0.336 e. The number of likely N-dealkylation sites (tertiary alicyclic amines) is 1. The molecule has 0 aromatic carbocycles. The van der Waals surface area contributed by atoms with Crippen LogP contribution in [-0.2, 0) is 5.41 Å². The third-order valence-electron chi connectivity index (χ3n) is 3.59. The van der Waals surface area contributed by atoms with Crippen molar-refractivity contribution in [1.29, 1.82) is 0 Å². The molecule has 1 aromatic heterocycles. The first-order valence-electron chi connectivity index (χ1n) is 6.84. The lowest BCUT2D eigenvalue weighted by molar-refractivity contribution is 0.0700. The first-order valence-corrected chi connectivity index (χ1v) is 7.72. The van der Waals surface area contributed by atoms with Gasteiger partial charge >= 0.3 is 0 Å². The van der Waals surface area contributed by atoms with Gasteiger partial charge in [-0.15, -0.1) is 11.3 Å². The van der Waals surface area contributed by atoms with Crippen molar-refractivity contribution in [3.05, 3.63) is 16.1 Å². The van der Waals surface area contributed by atoms with Gasteiger partial charge in [0.1, 0.15) is 4.88 Å². The molecule has 1 aliphatic heterocycles. The van der Waals surface area contributed by atoms with Crippen molar-refractivity contribution in [3.63, 3.8) is 0 Å². The van der Waals surface area contributed by atoms with Crippen LogP contribution >= 0.6 is 11.3 Å². The van der Waals surface area contributed by atoms with Gasteiger partial charge in [0.25, 0.3) is 5.91 Å². The van der Waals surface area contributed by atoms with Crippen LogP contribution in [0.4, 0.5) is 0 Å². The van der Waals surface area contributed by atoms with E-state index in [4.69, 9.17) is 0 Å². The zero-order valence-corrected chi connectivity index (χ0v) is 13.0. The quantitative estimate of drug-likeness (QED) is 0.904. The molecule has 1 N–H and O–H groups in total. The van der Waals surface area contributed by atoms with Crippen LogP contribution in [0.2, 0.25) is 0 Å². The summed E-state index contributed by atoms with van der Waals surface area (Å²) >= 11 is 1.46. The van der Waals surface area contributed by atoms with Crippen LogP contribution in [0.25, 0.3) is 0 Å². The van der Waals surface area contributed by atoms with Gasteiger partial charge in [-0.3, -0.25) is 4.79 Å². The molecule has 1 saturated heterocycles. The Hall–Kier alpha value is -0.940. The van der Waals surface area contributed by atoms with Crippen molar-refractivity contribution in [2.75, 3.05) is 20.1 Å². The molecule has 1 aromatic rings. The summed E-state index contributed by atoms with van der Waals surface area (Å²) in [6, 6.07) is 0.420. The van der Waals surface area contributed by atoms with Gasteiger partial charge in [0.15, 0.2) is 0 Å². The van der Waals surface area contributed by atoms with Gasteiger partial charge in [0.2, 0.25) is 0 Å². The minimum absolute atomic E-state index is 0.0802. The van der Waals surface area contributed by atoms with Crippen LogP contribution in [0.15, 0.2) is 5.51 Å². The van der Waals surface area contributed by atoms with Crippen LogP contribution in [-0.4, -0.2) is 42.0 Å². The van der Waals surface area contributed by atoms with E-state index < -0.39 is 0 Å². The second kappa shape index (κ2) is 5.59. The molecule has 4 nitrogen and oxygen atoms in total. The van der Waals surface area contributed by atoms with Gasteiger partial charge in [-0.1, -0.05) is 20.8 Å². The first kappa shape index (κ1) is 14.5. The van der Waals surface area contributed by atoms with Gasteiger partial charge in [-0.25, -0.2) is 4.98 Å². The normalized spacial score (nSPS) is 20.6. The van der Waals surface area contributed by atoms with Crippen molar-refractivity contribution in [1.82, 2.24) is 15.2 Å². The van der Waals surface area contributed by atoms with E-state index in [-0.39, 0.29) is 11.3 Å². The van der Waals surface area contributed by atoms with E-state index in [0.29, 0.717) is 6.04 Å². The molecule has 2 heterocycles. The van der Waals surface area contributed by atoms with Crippen molar-refractivity contribution in [2.45, 2.75) is 45.1 Å². The van der Waals surface area contributed by atoms with Crippen LogP contribution in [0.5, 0.6) is 0 Å². The number of amides is 1. The molecule has 0 aliphatic carbocycles. The lowest BCUT2D eigenvalue weighted by Gasteiger charge is -2.32. The van der Waals surface area contributed by atoms with Crippen LogP contribution in [0, 0.1) is 0 Å². The summed E-state index contributed by atoms with van der Waals surface area (Å²) < 4.78 is 0. The molecule has 5 heteroatoms. The fraction of sp³-hybridized carbons (Fsp3) is 0.714. The lowest BCUT2D eigenvalue weighted by atomic mass is 9.91. The Bertz CT molecular complexity index is 450. The van der Waals surface area contributed by atoms with E-state index in [0.717, 1.165) is 36.5 Å². The molecule has 1 atom stereocenters. The van der Waals surface area contributed by atoms with Crippen LogP contribution < -0.4 is 5.32 Å². The summed E-state index contributed by atoms with van der Waals surface area (Å²) in [6.07, 6.45) is 2.22. The van der Waals surface area contributed by atoms with Gasteiger partial charge in [0.05, 0.1) is 11.2 Å². The van der Waals surface area contributed by atoms with Gasteiger partial charge < -0.3 is 10.2 Å². The minimum Gasteiger partial charge on any atom is -0.336 e. The van der Waals surface area contributed by atoms with E-state index in [9.17, 15) is 4.79 Å². The summed E-state index contributed by atoms with van der Waals surface area (Å²) in [5.41, 5.74) is 2.63. The molecular weight excluding hydrogens is 258 g/mol. The molecule has 2 rings (SSSR count). The van der Waals surface area contributed by atoms with Crippen molar-refractivity contribution in [3.8, 4) is 0 Å². The Labute approximate surface area is 119 Å². The van der Waals surface area contributed by atoms with E-state index >= 15 is 0 Å². The van der Waals surface area contributed by atoms with Crippen molar-refractivity contribution in [2.24, 2.45) is 0 Å². The number of hydrogen-bond acceptors (Lipinski definition) is 4. The van der Waals surface area contributed by atoms with E-state index in [2.05, 4.69) is 31.1 Å². The molecule has 1 unspecified atom stereocenters. The summed E-state index contributed by atoms with van der Waals surface area (Å²) in [5, 5.41) is 3.27.